The SMILES string of the molecule is CC(C)(C)OC(=O)N(C(=O)O)c1ncc(Br)c2cc(CNc3ccncc3)ccc12. The molecule has 2 heterocycles. The first-order valence-electron chi connectivity index (χ1n) is 9.13. The number of ether oxygens (including phenoxy) is 1. The zero-order valence-electron chi connectivity index (χ0n) is 16.7. The van der Waals surface area contributed by atoms with Crippen molar-refractivity contribution in [1.82, 2.24) is 9.97 Å². The van der Waals surface area contributed by atoms with Crippen LogP contribution < -0.4 is 10.2 Å². The number of hydrogen-bond donors (Lipinski definition) is 2. The molecule has 0 unspecified atom stereocenters. The third-order valence-electron chi connectivity index (χ3n) is 4.04. The number of hydrogen-bond acceptors (Lipinski definition) is 6. The quantitative estimate of drug-likeness (QED) is 0.521. The van der Waals surface area contributed by atoms with E-state index in [0.717, 1.165) is 16.6 Å². The van der Waals surface area contributed by atoms with Gasteiger partial charge in [0.05, 0.1) is 0 Å². The molecule has 0 spiro atoms. The summed E-state index contributed by atoms with van der Waals surface area (Å²) < 4.78 is 5.93. The minimum Gasteiger partial charge on any atom is -0.464 e. The molecule has 2 N–H and O–H groups in total. The molecule has 0 aliphatic rings. The Morgan fingerprint density at radius 1 is 1.17 bits per heavy atom. The molecule has 0 aliphatic carbocycles. The molecule has 8 nitrogen and oxygen atoms in total. The Balaban J connectivity index is 1.96. The lowest BCUT2D eigenvalue weighted by atomic mass is 10.1. The minimum atomic E-state index is -1.47. The van der Waals surface area contributed by atoms with Gasteiger partial charge in [-0.3, -0.25) is 4.98 Å². The van der Waals surface area contributed by atoms with E-state index in [1.807, 2.05) is 24.3 Å². The molecule has 0 radical (unpaired) electrons. The third kappa shape index (κ3) is 5.04. The Bertz CT molecular complexity index is 1080. The molecule has 0 saturated carbocycles. The largest absolute Gasteiger partial charge is 0.464 e. The molecule has 0 fully saturated rings. The highest BCUT2D eigenvalue weighted by Gasteiger charge is 2.31. The van der Waals surface area contributed by atoms with E-state index in [9.17, 15) is 14.7 Å². The van der Waals surface area contributed by atoms with Crippen LogP contribution in [0.3, 0.4) is 0 Å². The number of fused-ring (bicyclic) bond motifs is 1. The Morgan fingerprint density at radius 2 is 1.87 bits per heavy atom. The number of imide groups is 1. The normalized spacial score (nSPS) is 11.2. The van der Waals surface area contributed by atoms with Crippen molar-refractivity contribution in [2.24, 2.45) is 0 Å². The van der Waals surface area contributed by atoms with Crippen LogP contribution in [-0.4, -0.2) is 32.9 Å². The number of carboxylic acid groups (broad SMARTS) is 1. The number of amides is 2. The van der Waals surface area contributed by atoms with Gasteiger partial charge in [-0.05, 0) is 60.5 Å². The number of nitrogens with zero attached hydrogens (tertiary/aromatic N) is 3. The van der Waals surface area contributed by atoms with Gasteiger partial charge in [-0.1, -0.05) is 12.1 Å². The smallest absolute Gasteiger partial charge is 0.425 e. The van der Waals surface area contributed by atoms with Gasteiger partial charge in [0.15, 0.2) is 5.82 Å². The molecule has 0 saturated heterocycles. The van der Waals surface area contributed by atoms with Crippen LogP contribution in [0.2, 0.25) is 0 Å². The maximum absolute atomic E-state index is 12.5. The van der Waals surface area contributed by atoms with Crippen molar-refractivity contribution in [3.8, 4) is 0 Å². The Morgan fingerprint density at radius 3 is 2.50 bits per heavy atom. The number of nitrogens with one attached hydrogen (secondary N) is 1. The van der Waals surface area contributed by atoms with Crippen molar-refractivity contribution in [1.29, 1.82) is 0 Å². The number of aromatic nitrogens is 2. The summed E-state index contributed by atoms with van der Waals surface area (Å²) in [6, 6.07) is 9.23. The molecule has 0 atom stereocenters. The molecule has 0 aliphatic heterocycles. The predicted molar refractivity (Wildman–Crippen MR) is 118 cm³/mol. The van der Waals surface area contributed by atoms with E-state index in [4.69, 9.17) is 4.74 Å². The van der Waals surface area contributed by atoms with Crippen LogP contribution in [0.25, 0.3) is 10.8 Å². The van der Waals surface area contributed by atoms with Crippen LogP contribution in [0.15, 0.2) is 53.4 Å². The van der Waals surface area contributed by atoms with E-state index in [1.54, 1.807) is 39.2 Å². The first-order chi connectivity index (χ1) is 14.2. The third-order valence-corrected chi connectivity index (χ3v) is 4.67. The monoisotopic (exact) mass is 472 g/mol. The van der Waals surface area contributed by atoms with Crippen molar-refractivity contribution >= 4 is 50.4 Å². The highest BCUT2D eigenvalue weighted by molar-refractivity contribution is 9.10. The highest BCUT2D eigenvalue weighted by Crippen LogP contribution is 2.32. The average molecular weight is 473 g/mol. The fourth-order valence-electron chi connectivity index (χ4n) is 2.77. The van der Waals surface area contributed by atoms with E-state index in [1.165, 1.54) is 6.20 Å². The summed E-state index contributed by atoms with van der Waals surface area (Å²) in [5.74, 6) is -0.0106. The fourth-order valence-corrected chi connectivity index (χ4v) is 3.20. The van der Waals surface area contributed by atoms with Crippen molar-refractivity contribution in [2.75, 3.05) is 10.2 Å². The van der Waals surface area contributed by atoms with Crippen LogP contribution in [0.4, 0.5) is 21.1 Å². The molecule has 3 aromatic rings. The van der Waals surface area contributed by atoms with Crippen LogP contribution in [0.1, 0.15) is 26.3 Å². The summed E-state index contributed by atoms with van der Waals surface area (Å²) in [6.07, 6.45) is 2.40. The number of rotatable bonds is 4. The molecular formula is C21H21BrN4O4. The van der Waals surface area contributed by atoms with Crippen molar-refractivity contribution < 1.29 is 19.4 Å². The topological polar surface area (TPSA) is 105 Å². The number of benzene rings is 1. The first-order valence-corrected chi connectivity index (χ1v) is 9.92. The summed E-state index contributed by atoms with van der Waals surface area (Å²) in [5, 5.41) is 14.2. The molecule has 156 valence electrons. The zero-order valence-corrected chi connectivity index (χ0v) is 18.3. The van der Waals surface area contributed by atoms with Crippen LogP contribution >= 0.6 is 15.9 Å². The van der Waals surface area contributed by atoms with Gasteiger partial charge in [0, 0.05) is 46.1 Å². The van der Waals surface area contributed by atoms with Crippen LogP contribution in [0.5, 0.6) is 0 Å². The Labute approximate surface area is 182 Å². The van der Waals surface area contributed by atoms with Gasteiger partial charge in [-0.15, -0.1) is 0 Å². The second-order valence-corrected chi connectivity index (χ2v) is 8.35. The number of anilines is 2. The lowest BCUT2D eigenvalue weighted by Crippen LogP contribution is -2.40. The van der Waals surface area contributed by atoms with Gasteiger partial charge in [-0.25, -0.2) is 14.6 Å². The number of carbonyl (C=O) groups excluding carboxylic acids is 1. The number of pyridine rings is 2. The summed E-state index contributed by atoms with van der Waals surface area (Å²) in [5.41, 5.74) is 1.06. The Kier molecular flexibility index (Phi) is 6.21. The van der Waals surface area contributed by atoms with Crippen molar-refractivity contribution in [3.63, 3.8) is 0 Å². The molecule has 2 aromatic heterocycles. The minimum absolute atomic E-state index is 0.0106. The summed E-state index contributed by atoms with van der Waals surface area (Å²) in [4.78, 5) is 33.0. The van der Waals surface area contributed by atoms with Crippen molar-refractivity contribution in [2.45, 2.75) is 32.9 Å². The highest BCUT2D eigenvalue weighted by atomic mass is 79.9. The first kappa shape index (κ1) is 21.5. The van der Waals surface area contributed by atoms with Gasteiger partial charge in [-0.2, -0.15) is 4.90 Å². The molecular weight excluding hydrogens is 452 g/mol. The maximum Gasteiger partial charge on any atom is 0.425 e. The van der Waals surface area contributed by atoms with Gasteiger partial charge in [0.25, 0.3) is 0 Å². The lowest BCUT2D eigenvalue weighted by molar-refractivity contribution is 0.0581. The molecule has 30 heavy (non-hydrogen) atoms. The standard InChI is InChI=1S/C21H21BrN4O4/c1-21(2,3)30-20(29)26(19(27)28)18-15-5-4-13(10-16(15)17(22)12-25-18)11-24-14-6-8-23-9-7-14/h4-10,12H,11H2,1-3H3,(H,23,24)(H,27,28). The summed E-state index contributed by atoms with van der Waals surface area (Å²) in [7, 11) is 0. The van der Waals surface area contributed by atoms with Crippen LogP contribution in [-0.2, 0) is 11.3 Å². The molecule has 3 rings (SSSR count). The average Bonchev–Trinajstić information content (AvgIpc) is 2.67. The zero-order chi connectivity index (χ0) is 21.9. The summed E-state index contributed by atoms with van der Waals surface area (Å²) >= 11 is 3.46. The van der Waals surface area contributed by atoms with Gasteiger partial charge in [0.1, 0.15) is 5.60 Å². The van der Waals surface area contributed by atoms with Gasteiger partial charge < -0.3 is 15.2 Å². The van der Waals surface area contributed by atoms with E-state index in [0.29, 0.717) is 21.3 Å². The second kappa shape index (κ2) is 8.66. The summed E-state index contributed by atoms with van der Waals surface area (Å²) in [6.45, 7) is 5.55. The maximum atomic E-state index is 12.5. The Hall–Kier alpha value is -3.20. The van der Waals surface area contributed by atoms with Crippen molar-refractivity contribution in [3.05, 3.63) is 59.0 Å². The number of halogens is 1. The van der Waals surface area contributed by atoms with E-state index in [2.05, 4.69) is 31.2 Å². The fraction of sp³-hybridized carbons (Fsp3) is 0.238. The van der Waals surface area contributed by atoms with Gasteiger partial charge >= 0.3 is 12.2 Å². The van der Waals surface area contributed by atoms with E-state index < -0.39 is 17.8 Å². The predicted octanol–water partition coefficient (Wildman–Crippen LogP) is 5.42. The van der Waals surface area contributed by atoms with Gasteiger partial charge in [0.2, 0.25) is 0 Å². The molecule has 2 amide bonds. The lowest BCUT2D eigenvalue weighted by Gasteiger charge is -2.24. The number of carbonyl (C=O) groups is 2. The van der Waals surface area contributed by atoms with Crippen LogP contribution in [0, 0.1) is 0 Å². The van der Waals surface area contributed by atoms with E-state index in [-0.39, 0.29) is 5.82 Å². The molecule has 9 heteroatoms. The van der Waals surface area contributed by atoms with E-state index >= 15 is 0 Å². The molecule has 0 bridgehead atoms. The molecule has 1 aromatic carbocycles. The second-order valence-electron chi connectivity index (χ2n) is 7.50.